The van der Waals surface area contributed by atoms with Crippen LogP contribution in [0.1, 0.15) is 46.9 Å². The van der Waals surface area contributed by atoms with E-state index in [4.69, 9.17) is 0 Å². The third-order valence-electron chi connectivity index (χ3n) is 4.87. The van der Waals surface area contributed by atoms with Crippen LogP contribution in [-0.2, 0) is 27.1 Å². The SMILES string of the molecule is CCc1nc2c(c(=O)n(C)c(=O)n2C)n1CCCN(C(C)C)C(C)C.Cl. The lowest BCUT2D eigenvalue weighted by Gasteiger charge is -2.30. The first-order chi connectivity index (χ1) is 11.7. The summed E-state index contributed by atoms with van der Waals surface area (Å²) in [7, 11) is 3.19. The van der Waals surface area contributed by atoms with Crippen molar-refractivity contribution >= 4 is 23.6 Å². The van der Waals surface area contributed by atoms with Crippen LogP contribution in [0.4, 0.5) is 0 Å². The average molecular weight is 386 g/mol. The van der Waals surface area contributed by atoms with Crippen molar-refractivity contribution in [2.75, 3.05) is 6.54 Å². The lowest BCUT2D eigenvalue weighted by molar-refractivity contribution is 0.170. The monoisotopic (exact) mass is 385 g/mol. The molecule has 0 saturated heterocycles. The van der Waals surface area contributed by atoms with Gasteiger partial charge in [0.05, 0.1) is 0 Å². The van der Waals surface area contributed by atoms with Crippen LogP contribution in [0.3, 0.4) is 0 Å². The summed E-state index contributed by atoms with van der Waals surface area (Å²) in [6.45, 7) is 12.5. The van der Waals surface area contributed by atoms with Crippen molar-refractivity contribution < 1.29 is 0 Å². The Kier molecular flexibility index (Phi) is 7.65. The van der Waals surface area contributed by atoms with Gasteiger partial charge in [-0.2, -0.15) is 0 Å². The highest BCUT2D eigenvalue weighted by molar-refractivity contribution is 5.85. The fourth-order valence-corrected chi connectivity index (χ4v) is 3.53. The van der Waals surface area contributed by atoms with Gasteiger partial charge in [0.1, 0.15) is 5.82 Å². The number of hydrogen-bond donors (Lipinski definition) is 0. The summed E-state index contributed by atoms with van der Waals surface area (Å²) in [5, 5.41) is 0. The van der Waals surface area contributed by atoms with E-state index >= 15 is 0 Å². The molecule has 7 nitrogen and oxygen atoms in total. The van der Waals surface area contributed by atoms with E-state index in [-0.39, 0.29) is 23.7 Å². The van der Waals surface area contributed by atoms with Crippen molar-refractivity contribution in [3.05, 3.63) is 26.7 Å². The Morgan fingerprint density at radius 3 is 2.12 bits per heavy atom. The summed E-state index contributed by atoms with van der Waals surface area (Å²) in [6, 6.07) is 0.970. The molecule has 0 unspecified atom stereocenters. The predicted molar refractivity (Wildman–Crippen MR) is 108 cm³/mol. The van der Waals surface area contributed by atoms with Crippen molar-refractivity contribution in [2.45, 2.75) is 66.1 Å². The Bertz CT molecular complexity index is 855. The average Bonchev–Trinajstić information content (AvgIpc) is 2.92. The van der Waals surface area contributed by atoms with Gasteiger partial charge in [0.25, 0.3) is 5.56 Å². The zero-order valence-corrected chi connectivity index (χ0v) is 17.8. The molecule has 0 bridgehead atoms. The van der Waals surface area contributed by atoms with Crippen molar-refractivity contribution in [2.24, 2.45) is 14.1 Å². The van der Waals surface area contributed by atoms with Gasteiger partial charge >= 0.3 is 5.69 Å². The maximum absolute atomic E-state index is 12.6. The largest absolute Gasteiger partial charge is 0.332 e. The third-order valence-corrected chi connectivity index (χ3v) is 4.87. The first kappa shape index (κ1) is 22.4. The van der Waals surface area contributed by atoms with Gasteiger partial charge in [-0.3, -0.25) is 18.8 Å². The van der Waals surface area contributed by atoms with Crippen LogP contribution >= 0.6 is 12.4 Å². The molecule has 8 heteroatoms. The molecule has 0 N–H and O–H groups in total. The molecule has 0 saturated carbocycles. The summed E-state index contributed by atoms with van der Waals surface area (Å²) < 4.78 is 4.62. The van der Waals surface area contributed by atoms with Crippen LogP contribution in [0, 0.1) is 0 Å². The van der Waals surface area contributed by atoms with Crippen LogP contribution in [0.25, 0.3) is 11.2 Å². The molecule has 0 aliphatic rings. The lowest BCUT2D eigenvalue weighted by atomic mass is 10.2. The zero-order valence-electron chi connectivity index (χ0n) is 16.9. The Hall–Kier alpha value is -1.60. The number of rotatable bonds is 7. The lowest BCUT2D eigenvalue weighted by Crippen LogP contribution is -2.38. The number of aryl methyl sites for hydroxylation is 3. The second-order valence-corrected chi connectivity index (χ2v) is 7.19. The molecule has 0 amide bonds. The molecule has 26 heavy (non-hydrogen) atoms. The van der Waals surface area contributed by atoms with Gasteiger partial charge in [0, 0.05) is 45.7 Å². The summed E-state index contributed by atoms with van der Waals surface area (Å²) in [6.07, 6.45) is 1.66. The van der Waals surface area contributed by atoms with E-state index in [2.05, 4.69) is 37.6 Å². The van der Waals surface area contributed by atoms with Gasteiger partial charge in [0.15, 0.2) is 11.2 Å². The minimum absolute atomic E-state index is 0. The molecule has 2 aromatic heterocycles. The number of imidazole rings is 1. The first-order valence-corrected chi connectivity index (χ1v) is 9.11. The minimum Gasteiger partial charge on any atom is -0.322 e. The molecule has 0 aliphatic carbocycles. The number of fused-ring (bicyclic) bond motifs is 1. The smallest absolute Gasteiger partial charge is 0.322 e. The van der Waals surface area contributed by atoms with E-state index in [1.54, 1.807) is 7.05 Å². The van der Waals surface area contributed by atoms with Crippen molar-refractivity contribution in [3.63, 3.8) is 0 Å². The van der Waals surface area contributed by atoms with E-state index in [1.165, 1.54) is 11.6 Å². The highest BCUT2D eigenvalue weighted by atomic mass is 35.5. The van der Waals surface area contributed by atoms with E-state index in [0.717, 1.165) is 36.3 Å². The number of hydrogen-bond acceptors (Lipinski definition) is 4. The quantitative estimate of drug-likeness (QED) is 0.730. The van der Waals surface area contributed by atoms with Gasteiger partial charge in [-0.25, -0.2) is 9.78 Å². The zero-order chi connectivity index (χ0) is 18.9. The fourth-order valence-electron chi connectivity index (χ4n) is 3.53. The molecule has 2 aromatic rings. The number of halogens is 1. The van der Waals surface area contributed by atoms with E-state index in [0.29, 0.717) is 23.2 Å². The van der Waals surface area contributed by atoms with Crippen LogP contribution in [-0.4, -0.2) is 42.2 Å². The molecular formula is C18H32ClN5O2. The van der Waals surface area contributed by atoms with Gasteiger partial charge in [-0.1, -0.05) is 6.92 Å². The van der Waals surface area contributed by atoms with Crippen LogP contribution in [0.15, 0.2) is 9.59 Å². The highest BCUT2D eigenvalue weighted by Gasteiger charge is 2.19. The number of aromatic nitrogens is 4. The maximum Gasteiger partial charge on any atom is 0.332 e. The molecule has 148 valence electrons. The normalized spacial score (nSPS) is 11.8. The maximum atomic E-state index is 12.6. The molecule has 2 rings (SSSR count). The number of nitrogens with zero attached hydrogens (tertiary/aromatic N) is 5. The van der Waals surface area contributed by atoms with E-state index in [1.807, 2.05) is 11.5 Å². The van der Waals surface area contributed by atoms with Crippen LogP contribution < -0.4 is 11.2 Å². The molecule has 0 spiro atoms. The highest BCUT2D eigenvalue weighted by Crippen LogP contribution is 2.14. The molecule has 0 fully saturated rings. The van der Waals surface area contributed by atoms with Crippen molar-refractivity contribution in [3.8, 4) is 0 Å². The molecule has 2 heterocycles. The van der Waals surface area contributed by atoms with E-state index in [9.17, 15) is 9.59 Å². The molecule has 0 atom stereocenters. The minimum atomic E-state index is -0.337. The standard InChI is InChI=1S/C18H31N5O2.ClH/c1-8-14-19-16-15(17(24)21(7)18(25)20(16)6)23(14)11-9-10-22(12(2)3)13(4)5;/h12-13H,8-11H2,1-7H3;1H. The van der Waals surface area contributed by atoms with Gasteiger partial charge < -0.3 is 4.57 Å². The second kappa shape index (κ2) is 8.86. The van der Waals surface area contributed by atoms with Crippen molar-refractivity contribution in [1.82, 2.24) is 23.6 Å². The first-order valence-electron chi connectivity index (χ1n) is 9.11. The summed E-state index contributed by atoms with van der Waals surface area (Å²) in [5.41, 5.74) is 0.405. The molecular weight excluding hydrogens is 354 g/mol. The topological polar surface area (TPSA) is 65.1 Å². The molecule has 0 radical (unpaired) electrons. The Balaban J connectivity index is 0.00000338. The predicted octanol–water partition coefficient (Wildman–Crippen LogP) is 1.93. The third kappa shape index (κ3) is 4.04. The van der Waals surface area contributed by atoms with Crippen molar-refractivity contribution in [1.29, 1.82) is 0 Å². The summed E-state index contributed by atoms with van der Waals surface area (Å²) >= 11 is 0. The summed E-state index contributed by atoms with van der Waals surface area (Å²) in [5.74, 6) is 0.856. The Morgan fingerprint density at radius 2 is 1.62 bits per heavy atom. The van der Waals surface area contributed by atoms with Gasteiger partial charge in [0.2, 0.25) is 0 Å². The van der Waals surface area contributed by atoms with E-state index < -0.39 is 0 Å². The molecule has 0 aromatic carbocycles. The molecule has 0 aliphatic heterocycles. The van der Waals surface area contributed by atoms with Crippen LogP contribution in [0.5, 0.6) is 0 Å². The second-order valence-electron chi connectivity index (χ2n) is 7.19. The fraction of sp³-hybridized carbons (Fsp3) is 0.722. The van der Waals surface area contributed by atoms with Gasteiger partial charge in [-0.05, 0) is 34.1 Å². The summed E-state index contributed by atoms with van der Waals surface area (Å²) in [4.78, 5) is 31.8. The Morgan fingerprint density at radius 1 is 1.04 bits per heavy atom. The van der Waals surface area contributed by atoms with Gasteiger partial charge in [-0.15, -0.1) is 12.4 Å². The Labute approximate surface area is 161 Å². The van der Waals surface area contributed by atoms with Crippen LogP contribution in [0.2, 0.25) is 0 Å².